The lowest BCUT2D eigenvalue weighted by Gasteiger charge is -2.13. The number of carbonyl (C=O) groups is 1. The first kappa shape index (κ1) is 17.2. The van der Waals surface area contributed by atoms with Gasteiger partial charge in [0.2, 0.25) is 5.90 Å². The average molecular weight is 357 g/mol. The largest absolute Gasteiger partial charge is 0.493 e. The van der Waals surface area contributed by atoms with Crippen LogP contribution in [0.1, 0.15) is 29.2 Å². The molecule has 2 aromatic rings. The molecule has 0 saturated carbocycles. The molecule has 0 amide bonds. The van der Waals surface area contributed by atoms with Crippen molar-refractivity contribution in [3.8, 4) is 11.5 Å². The molecule has 5 nitrogen and oxygen atoms in total. The van der Waals surface area contributed by atoms with Crippen molar-refractivity contribution in [2.45, 2.75) is 26.9 Å². The van der Waals surface area contributed by atoms with E-state index in [1.807, 2.05) is 45.0 Å². The van der Waals surface area contributed by atoms with Crippen LogP contribution in [0, 0.1) is 6.92 Å². The second kappa shape index (κ2) is 7.11. The third kappa shape index (κ3) is 3.91. The molecule has 130 valence electrons. The van der Waals surface area contributed by atoms with Crippen molar-refractivity contribution in [1.82, 2.24) is 0 Å². The smallest absolute Gasteiger partial charge is 0.363 e. The van der Waals surface area contributed by atoms with Crippen LogP contribution in [-0.4, -0.2) is 25.1 Å². The maximum Gasteiger partial charge on any atom is 0.363 e. The molecule has 1 aromatic heterocycles. The van der Waals surface area contributed by atoms with Crippen LogP contribution in [0.2, 0.25) is 0 Å². The Morgan fingerprint density at radius 1 is 1.20 bits per heavy atom. The van der Waals surface area contributed by atoms with E-state index in [9.17, 15) is 4.79 Å². The Morgan fingerprint density at radius 2 is 2.00 bits per heavy atom. The lowest BCUT2D eigenvalue weighted by atomic mass is 10.1. The number of aliphatic imine (C=N–C) groups is 1. The standard InChI is InChI=1S/C19H19NO4S/c1-11(2)23-15-7-6-13(10-16(15)22-4)9-14-19(21)24-18(20-14)17-8-5-12(3)25-17/h5-11H,1-4H3/b14-9-. The van der Waals surface area contributed by atoms with Crippen molar-refractivity contribution < 1.29 is 19.0 Å². The molecule has 0 aliphatic carbocycles. The van der Waals surface area contributed by atoms with Gasteiger partial charge < -0.3 is 14.2 Å². The summed E-state index contributed by atoms with van der Waals surface area (Å²) in [7, 11) is 1.58. The van der Waals surface area contributed by atoms with Gasteiger partial charge in [0.1, 0.15) is 0 Å². The highest BCUT2D eigenvalue weighted by atomic mass is 32.1. The van der Waals surface area contributed by atoms with Gasteiger partial charge in [0.25, 0.3) is 0 Å². The van der Waals surface area contributed by atoms with Gasteiger partial charge in [-0.3, -0.25) is 0 Å². The summed E-state index contributed by atoms with van der Waals surface area (Å²) in [4.78, 5) is 18.4. The van der Waals surface area contributed by atoms with Crippen molar-refractivity contribution in [2.24, 2.45) is 4.99 Å². The summed E-state index contributed by atoms with van der Waals surface area (Å²) < 4.78 is 16.3. The van der Waals surface area contributed by atoms with E-state index < -0.39 is 5.97 Å². The fourth-order valence-electron chi connectivity index (χ4n) is 2.35. The van der Waals surface area contributed by atoms with Crippen LogP contribution in [0.25, 0.3) is 6.08 Å². The first-order chi connectivity index (χ1) is 12.0. The number of thiophene rings is 1. The van der Waals surface area contributed by atoms with E-state index >= 15 is 0 Å². The molecule has 0 spiro atoms. The summed E-state index contributed by atoms with van der Waals surface area (Å²) in [5.41, 5.74) is 1.05. The van der Waals surface area contributed by atoms with Crippen LogP contribution >= 0.6 is 11.3 Å². The topological polar surface area (TPSA) is 57.1 Å². The number of cyclic esters (lactones) is 1. The van der Waals surface area contributed by atoms with Crippen LogP contribution in [-0.2, 0) is 9.53 Å². The van der Waals surface area contributed by atoms with E-state index in [2.05, 4.69) is 4.99 Å². The van der Waals surface area contributed by atoms with Gasteiger partial charge in [-0.15, -0.1) is 11.3 Å². The highest BCUT2D eigenvalue weighted by molar-refractivity contribution is 7.14. The van der Waals surface area contributed by atoms with Crippen molar-refractivity contribution in [3.05, 3.63) is 51.3 Å². The normalized spacial score (nSPS) is 15.5. The summed E-state index contributed by atoms with van der Waals surface area (Å²) in [6.45, 7) is 5.90. The number of methoxy groups -OCH3 is 1. The molecule has 1 aliphatic heterocycles. The number of ether oxygens (including phenoxy) is 3. The number of nitrogens with zero attached hydrogens (tertiary/aromatic N) is 1. The van der Waals surface area contributed by atoms with Crippen molar-refractivity contribution in [3.63, 3.8) is 0 Å². The fraction of sp³-hybridized carbons (Fsp3) is 0.263. The van der Waals surface area contributed by atoms with E-state index in [-0.39, 0.29) is 11.8 Å². The minimum atomic E-state index is -0.456. The number of rotatable bonds is 5. The molecule has 1 aliphatic rings. The Bertz CT molecular complexity index is 864. The molecule has 0 atom stereocenters. The predicted octanol–water partition coefficient (Wildman–Crippen LogP) is 4.20. The van der Waals surface area contributed by atoms with Crippen LogP contribution in [0.15, 0.2) is 41.0 Å². The number of benzene rings is 1. The third-order valence-electron chi connectivity index (χ3n) is 3.43. The van der Waals surface area contributed by atoms with Crippen molar-refractivity contribution >= 4 is 29.3 Å². The average Bonchev–Trinajstić information content (AvgIpc) is 3.15. The number of hydrogen-bond donors (Lipinski definition) is 0. The molecule has 2 heterocycles. The number of esters is 1. The second-order valence-corrected chi connectivity index (χ2v) is 7.11. The third-order valence-corrected chi connectivity index (χ3v) is 4.41. The summed E-state index contributed by atoms with van der Waals surface area (Å²) in [5, 5.41) is 0. The van der Waals surface area contributed by atoms with Crippen LogP contribution in [0.4, 0.5) is 0 Å². The van der Waals surface area contributed by atoms with Gasteiger partial charge in [0, 0.05) is 4.88 Å². The summed E-state index contributed by atoms with van der Waals surface area (Å²) in [5.74, 6) is 1.16. The molecule has 0 N–H and O–H groups in total. The first-order valence-electron chi connectivity index (χ1n) is 7.90. The monoisotopic (exact) mass is 357 g/mol. The molecule has 0 unspecified atom stereocenters. The van der Waals surface area contributed by atoms with Gasteiger partial charge in [-0.05, 0) is 56.7 Å². The van der Waals surface area contributed by atoms with Gasteiger partial charge in [-0.2, -0.15) is 0 Å². The Labute approximate surface area is 150 Å². The molecule has 3 rings (SSSR count). The minimum absolute atomic E-state index is 0.0457. The van der Waals surface area contributed by atoms with Gasteiger partial charge in [0.15, 0.2) is 17.2 Å². The molecular formula is C19H19NO4S. The predicted molar refractivity (Wildman–Crippen MR) is 98.4 cm³/mol. The van der Waals surface area contributed by atoms with Crippen LogP contribution in [0.3, 0.4) is 0 Å². The molecule has 0 radical (unpaired) electrons. The Morgan fingerprint density at radius 3 is 2.64 bits per heavy atom. The first-order valence-corrected chi connectivity index (χ1v) is 8.72. The minimum Gasteiger partial charge on any atom is -0.493 e. The lowest BCUT2D eigenvalue weighted by Crippen LogP contribution is -2.06. The maximum absolute atomic E-state index is 12.1. The maximum atomic E-state index is 12.1. The van der Waals surface area contributed by atoms with Crippen LogP contribution in [0.5, 0.6) is 11.5 Å². The van der Waals surface area contributed by atoms with E-state index in [1.165, 1.54) is 11.3 Å². The zero-order chi connectivity index (χ0) is 18.0. The van der Waals surface area contributed by atoms with Gasteiger partial charge >= 0.3 is 5.97 Å². The molecule has 1 aromatic carbocycles. The van der Waals surface area contributed by atoms with E-state index in [0.717, 1.165) is 15.3 Å². The molecule has 0 saturated heterocycles. The molecule has 0 fully saturated rings. The lowest BCUT2D eigenvalue weighted by molar-refractivity contribution is -0.129. The van der Waals surface area contributed by atoms with E-state index in [0.29, 0.717) is 17.4 Å². The fourth-order valence-corrected chi connectivity index (χ4v) is 3.14. The van der Waals surface area contributed by atoms with Crippen LogP contribution < -0.4 is 9.47 Å². The highest BCUT2D eigenvalue weighted by Crippen LogP contribution is 2.30. The molecule has 0 bridgehead atoms. The second-order valence-electron chi connectivity index (χ2n) is 5.82. The van der Waals surface area contributed by atoms with Gasteiger partial charge in [0.05, 0.1) is 18.1 Å². The Kier molecular flexibility index (Phi) is 4.90. The summed E-state index contributed by atoms with van der Waals surface area (Å²) >= 11 is 1.54. The van der Waals surface area contributed by atoms with Gasteiger partial charge in [-0.25, -0.2) is 9.79 Å². The number of hydrogen-bond acceptors (Lipinski definition) is 6. The number of aryl methyl sites for hydroxylation is 1. The zero-order valence-electron chi connectivity index (χ0n) is 14.5. The Balaban J connectivity index is 1.89. The zero-order valence-corrected chi connectivity index (χ0v) is 15.3. The Hall–Kier alpha value is -2.60. The molecular weight excluding hydrogens is 338 g/mol. The highest BCUT2D eigenvalue weighted by Gasteiger charge is 2.25. The molecule has 6 heteroatoms. The quantitative estimate of drug-likeness (QED) is 0.594. The number of carbonyl (C=O) groups excluding carboxylic acids is 1. The van der Waals surface area contributed by atoms with E-state index in [4.69, 9.17) is 14.2 Å². The molecule has 25 heavy (non-hydrogen) atoms. The van der Waals surface area contributed by atoms with Crippen molar-refractivity contribution in [1.29, 1.82) is 0 Å². The van der Waals surface area contributed by atoms with E-state index in [1.54, 1.807) is 19.3 Å². The summed E-state index contributed by atoms with van der Waals surface area (Å²) in [6, 6.07) is 9.34. The van der Waals surface area contributed by atoms with Crippen molar-refractivity contribution in [2.75, 3.05) is 7.11 Å². The summed E-state index contributed by atoms with van der Waals surface area (Å²) in [6.07, 6.45) is 1.72. The van der Waals surface area contributed by atoms with Gasteiger partial charge in [-0.1, -0.05) is 6.07 Å². The SMILES string of the molecule is COc1cc(/C=C2\N=C(c3ccc(C)s3)OC2=O)ccc1OC(C)C.